The number of nitrogens with one attached hydrogen (secondary N) is 1. The number of fused-ring (bicyclic) bond motifs is 1. The van der Waals surface area contributed by atoms with Gasteiger partial charge in [0.05, 0.1) is 36.5 Å². The van der Waals surface area contributed by atoms with Gasteiger partial charge in [-0.3, -0.25) is 4.98 Å². The molecule has 0 amide bonds. The molecular formula is C27H37N7O3. The van der Waals surface area contributed by atoms with E-state index in [1.807, 2.05) is 27.2 Å². The lowest BCUT2D eigenvalue weighted by atomic mass is 9.93. The normalized spacial score (nSPS) is 20.3. The summed E-state index contributed by atoms with van der Waals surface area (Å²) in [4.78, 5) is 22.8. The molecule has 0 bridgehead atoms. The van der Waals surface area contributed by atoms with Crippen molar-refractivity contribution in [2.45, 2.75) is 44.8 Å². The van der Waals surface area contributed by atoms with Crippen molar-refractivity contribution in [3.8, 4) is 11.6 Å². The first kappa shape index (κ1) is 25.4. The number of morpholine rings is 1. The molecule has 3 aromatic heterocycles. The van der Waals surface area contributed by atoms with Gasteiger partial charge in [-0.2, -0.15) is 4.98 Å². The Morgan fingerprint density at radius 1 is 1.03 bits per heavy atom. The number of nitrogens with zero attached hydrogens (tertiary/aromatic N) is 6. The zero-order chi connectivity index (χ0) is 25.6. The van der Waals surface area contributed by atoms with E-state index in [4.69, 9.17) is 19.2 Å². The van der Waals surface area contributed by atoms with Crippen LogP contribution in [0.25, 0.3) is 10.9 Å². The van der Waals surface area contributed by atoms with Gasteiger partial charge in [-0.05, 0) is 58.3 Å². The molecule has 37 heavy (non-hydrogen) atoms. The van der Waals surface area contributed by atoms with E-state index < -0.39 is 0 Å². The molecule has 2 aliphatic rings. The van der Waals surface area contributed by atoms with E-state index in [-0.39, 0.29) is 6.10 Å². The number of aryl methyl sites for hydroxylation is 1. The molecular weight excluding hydrogens is 470 g/mol. The highest BCUT2D eigenvalue weighted by atomic mass is 16.5. The second-order valence-electron chi connectivity index (χ2n) is 10.1. The van der Waals surface area contributed by atoms with Gasteiger partial charge >= 0.3 is 0 Å². The third kappa shape index (κ3) is 6.75. The summed E-state index contributed by atoms with van der Waals surface area (Å²) in [5.41, 5.74) is 2.01. The van der Waals surface area contributed by atoms with Crippen molar-refractivity contribution < 1.29 is 14.2 Å². The Bertz CT molecular complexity index is 1160. The lowest BCUT2D eigenvalue weighted by Gasteiger charge is -2.31. The molecule has 5 rings (SSSR count). The number of anilines is 2. The Morgan fingerprint density at radius 3 is 2.51 bits per heavy atom. The van der Waals surface area contributed by atoms with Crippen molar-refractivity contribution in [2.75, 3.05) is 63.8 Å². The lowest BCUT2D eigenvalue weighted by molar-refractivity contribution is 0.122. The quantitative estimate of drug-likeness (QED) is 0.464. The monoisotopic (exact) mass is 507 g/mol. The first-order chi connectivity index (χ1) is 18.0. The molecule has 0 unspecified atom stereocenters. The first-order valence-electron chi connectivity index (χ1n) is 13.2. The molecule has 4 heterocycles. The molecule has 0 spiro atoms. The zero-order valence-electron chi connectivity index (χ0n) is 22.0. The van der Waals surface area contributed by atoms with Crippen LogP contribution in [-0.2, 0) is 4.74 Å². The van der Waals surface area contributed by atoms with Crippen LogP contribution in [0.2, 0.25) is 0 Å². The third-order valence-electron chi connectivity index (χ3n) is 6.82. The minimum Gasteiger partial charge on any atom is -0.489 e. The van der Waals surface area contributed by atoms with Gasteiger partial charge in [0.15, 0.2) is 5.75 Å². The number of likely N-dealkylation sites (N-methyl/N-ethyl adjacent to an activating group) is 1. The first-order valence-corrected chi connectivity index (χ1v) is 13.2. The number of hydrogen-bond donors (Lipinski definition) is 1. The third-order valence-corrected chi connectivity index (χ3v) is 6.82. The van der Waals surface area contributed by atoms with Gasteiger partial charge in [-0.15, -0.1) is 0 Å². The molecule has 198 valence electrons. The molecule has 1 saturated carbocycles. The molecule has 1 N–H and O–H groups in total. The van der Waals surface area contributed by atoms with Gasteiger partial charge in [0.1, 0.15) is 18.5 Å². The fraction of sp³-hybridized carbons (Fsp3) is 0.556. The zero-order valence-corrected chi connectivity index (χ0v) is 22.0. The number of hydrogen-bond acceptors (Lipinski definition) is 10. The van der Waals surface area contributed by atoms with Crippen LogP contribution in [0.3, 0.4) is 0 Å². The van der Waals surface area contributed by atoms with Crippen molar-refractivity contribution in [1.29, 1.82) is 0 Å². The molecule has 0 atom stereocenters. The van der Waals surface area contributed by atoms with Gasteiger partial charge in [-0.1, -0.05) is 0 Å². The fourth-order valence-corrected chi connectivity index (χ4v) is 4.71. The van der Waals surface area contributed by atoms with E-state index in [1.165, 1.54) is 0 Å². The van der Waals surface area contributed by atoms with Crippen LogP contribution < -0.4 is 19.7 Å². The van der Waals surface area contributed by atoms with Gasteiger partial charge < -0.3 is 29.3 Å². The summed E-state index contributed by atoms with van der Waals surface area (Å²) < 4.78 is 17.7. The number of rotatable bonds is 9. The maximum absolute atomic E-state index is 6.54. The van der Waals surface area contributed by atoms with E-state index in [9.17, 15) is 0 Å². The molecule has 2 fully saturated rings. The van der Waals surface area contributed by atoms with Crippen LogP contribution in [0.1, 0.15) is 31.2 Å². The van der Waals surface area contributed by atoms with Crippen LogP contribution in [-0.4, -0.2) is 90.5 Å². The van der Waals surface area contributed by atoms with Gasteiger partial charge in [0.25, 0.3) is 0 Å². The second-order valence-corrected chi connectivity index (χ2v) is 10.1. The number of aromatic nitrogens is 4. The molecule has 0 aromatic carbocycles. The van der Waals surface area contributed by atoms with E-state index in [2.05, 4.69) is 42.2 Å². The summed E-state index contributed by atoms with van der Waals surface area (Å²) in [5, 5.41) is 4.44. The number of pyridine rings is 2. The maximum atomic E-state index is 6.54. The highest BCUT2D eigenvalue weighted by molar-refractivity contribution is 5.86. The Kier molecular flexibility index (Phi) is 8.15. The highest BCUT2D eigenvalue weighted by Crippen LogP contribution is 2.32. The summed E-state index contributed by atoms with van der Waals surface area (Å²) in [6, 6.07) is 4.49. The lowest BCUT2D eigenvalue weighted by Crippen LogP contribution is -2.37. The minimum absolute atomic E-state index is 0.114. The van der Waals surface area contributed by atoms with E-state index in [0.717, 1.165) is 67.6 Å². The Labute approximate surface area is 218 Å². The molecule has 1 aliphatic carbocycles. The molecule has 1 aliphatic heterocycles. The average Bonchev–Trinajstić information content (AvgIpc) is 2.91. The van der Waals surface area contributed by atoms with Crippen molar-refractivity contribution in [2.24, 2.45) is 0 Å². The van der Waals surface area contributed by atoms with Crippen molar-refractivity contribution in [1.82, 2.24) is 24.8 Å². The van der Waals surface area contributed by atoms with Crippen LogP contribution in [0.15, 0.2) is 30.7 Å². The SMILES string of the molecule is Cc1cnc2cc(N3CCOCC3)nc(O[C@H]3CC[C@@H](Nc4ncc(OCCN(C)C)cn4)CC3)c2c1. The standard InChI is InChI=1S/C27H37N7O3/c1-19-14-23-24(28-16-19)15-25(34-9-11-35-12-10-34)32-26(23)37-21-6-4-20(5-7-21)31-27-29-17-22(18-30-27)36-13-8-33(2)3/h14-18,20-21H,4-13H2,1-3H3,(H,29,30,31)/t20-,21+. The predicted octanol–water partition coefficient (Wildman–Crippen LogP) is 3.31. The molecule has 3 aromatic rings. The second kappa shape index (κ2) is 11.9. The molecule has 1 saturated heterocycles. The average molecular weight is 508 g/mol. The van der Waals surface area contributed by atoms with Crippen LogP contribution in [0.5, 0.6) is 11.6 Å². The van der Waals surface area contributed by atoms with Gasteiger partial charge in [0, 0.05) is 37.9 Å². The van der Waals surface area contributed by atoms with Crippen LogP contribution in [0, 0.1) is 6.92 Å². The molecule has 10 nitrogen and oxygen atoms in total. The summed E-state index contributed by atoms with van der Waals surface area (Å²) in [6.45, 7) is 6.59. The smallest absolute Gasteiger partial charge is 0.225 e. The van der Waals surface area contributed by atoms with E-state index in [0.29, 0.717) is 43.4 Å². The van der Waals surface area contributed by atoms with Crippen molar-refractivity contribution in [3.05, 3.63) is 36.3 Å². The largest absolute Gasteiger partial charge is 0.489 e. The predicted molar refractivity (Wildman–Crippen MR) is 144 cm³/mol. The molecule has 0 radical (unpaired) electrons. The van der Waals surface area contributed by atoms with E-state index >= 15 is 0 Å². The number of ether oxygens (including phenoxy) is 3. The van der Waals surface area contributed by atoms with Gasteiger partial charge in [-0.25, -0.2) is 9.97 Å². The summed E-state index contributed by atoms with van der Waals surface area (Å²) >= 11 is 0. The van der Waals surface area contributed by atoms with E-state index in [1.54, 1.807) is 12.4 Å². The minimum atomic E-state index is 0.114. The van der Waals surface area contributed by atoms with Crippen molar-refractivity contribution >= 4 is 22.7 Å². The fourth-order valence-electron chi connectivity index (χ4n) is 4.71. The Balaban J connectivity index is 1.19. The van der Waals surface area contributed by atoms with Crippen LogP contribution in [0.4, 0.5) is 11.8 Å². The maximum Gasteiger partial charge on any atom is 0.225 e. The summed E-state index contributed by atoms with van der Waals surface area (Å²) in [5.74, 6) is 2.91. The molecule has 10 heteroatoms. The summed E-state index contributed by atoms with van der Waals surface area (Å²) in [7, 11) is 4.04. The van der Waals surface area contributed by atoms with Crippen LogP contribution >= 0.6 is 0 Å². The van der Waals surface area contributed by atoms with Gasteiger partial charge in [0.2, 0.25) is 11.8 Å². The van der Waals surface area contributed by atoms with Crippen molar-refractivity contribution in [3.63, 3.8) is 0 Å². The Morgan fingerprint density at radius 2 is 1.78 bits per heavy atom. The topological polar surface area (TPSA) is 97.8 Å². The Hall–Kier alpha value is -3.24. The summed E-state index contributed by atoms with van der Waals surface area (Å²) in [6.07, 6.45) is 9.31. The highest BCUT2D eigenvalue weighted by Gasteiger charge is 2.25.